The van der Waals surface area contributed by atoms with E-state index >= 15 is 0 Å². The van der Waals surface area contributed by atoms with Crippen molar-refractivity contribution in [2.75, 3.05) is 11.9 Å². The molecule has 0 fully saturated rings. The highest BCUT2D eigenvalue weighted by molar-refractivity contribution is 6.01. The summed E-state index contributed by atoms with van der Waals surface area (Å²) in [6.45, 7) is 4.93. The number of amides is 2. The minimum absolute atomic E-state index is 0.0120. The number of hydrogen-bond acceptors (Lipinski definition) is 6. The number of fused-ring (bicyclic) bond motifs is 1. The van der Waals surface area contributed by atoms with Crippen molar-refractivity contribution in [3.8, 4) is 0 Å². The van der Waals surface area contributed by atoms with Crippen molar-refractivity contribution in [3.63, 3.8) is 0 Å². The summed E-state index contributed by atoms with van der Waals surface area (Å²) in [6, 6.07) is 2.63. The van der Waals surface area contributed by atoms with Gasteiger partial charge in [-0.1, -0.05) is 0 Å². The molecule has 1 aliphatic heterocycles. The summed E-state index contributed by atoms with van der Waals surface area (Å²) in [5.74, 6) is -3.27. The van der Waals surface area contributed by atoms with E-state index in [1.54, 1.807) is 20.8 Å². The highest BCUT2D eigenvalue weighted by atomic mass is 16.6. The molecule has 0 saturated heterocycles. The molecule has 1 aromatic carbocycles. The Morgan fingerprint density at radius 1 is 1.30 bits per heavy atom. The van der Waals surface area contributed by atoms with Crippen LogP contribution < -0.4 is 10.0 Å². The van der Waals surface area contributed by atoms with Gasteiger partial charge in [-0.2, -0.15) is 0 Å². The van der Waals surface area contributed by atoms with Crippen LogP contribution in [-0.2, 0) is 20.9 Å². The molecule has 1 N–H and O–H groups in total. The Balaban J connectivity index is 2.63. The number of rotatable bonds is 3. The van der Waals surface area contributed by atoms with Crippen LogP contribution in [0.3, 0.4) is 0 Å². The second kappa shape index (κ2) is 7.26. The number of carboxylic acid groups (broad SMARTS) is 2. The van der Waals surface area contributed by atoms with E-state index in [1.165, 1.54) is 30.1 Å². The third kappa shape index (κ3) is 4.55. The number of nitrogens with zero attached hydrogens (tertiary/aromatic N) is 2. The number of carboxylic acids is 2. The first-order valence-corrected chi connectivity index (χ1v) is 8.24. The van der Waals surface area contributed by atoms with Crippen LogP contribution in [0.2, 0.25) is 0 Å². The Labute approximate surface area is 156 Å². The van der Waals surface area contributed by atoms with Crippen LogP contribution in [0, 0.1) is 0 Å². The van der Waals surface area contributed by atoms with Crippen LogP contribution in [0.5, 0.6) is 0 Å². The van der Waals surface area contributed by atoms with Crippen molar-refractivity contribution in [1.29, 1.82) is 0 Å². The topological polar surface area (TPSA) is 127 Å². The fraction of sp³-hybridized carbons (Fsp3) is 0.444. The van der Waals surface area contributed by atoms with Gasteiger partial charge in [0.25, 0.3) is 0 Å². The number of aromatic carboxylic acids is 1. The van der Waals surface area contributed by atoms with Crippen molar-refractivity contribution in [1.82, 2.24) is 4.90 Å². The Morgan fingerprint density at radius 2 is 1.93 bits per heavy atom. The van der Waals surface area contributed by atoms with Gasteiger partial charge in [0.1, 0.15) is 11.6 Å². The Bertz CT molecular complexity index is 797. The summed E-state index contributed by atoms with van der Waals surface area (Å²) >= 11 is 0. The molecule has 1 unspecified atom stereocenters. The summed E-state index contributed by atoms with van der Waals surface area (Å²) in [7, 11) is 1.44. The highest BCUT2D eigenvalue weighted by Crippen LogP contribution is 2.31. The van der Waals surface area contributed by atoms with E-state index in [0.29, 0.717) is 5.56 Å². The minimum Gasteiger partial charge on any atom is -0.550 e. The van der Waals surface area contributed by atoms with Crippen molar-refractivity contribution in [3.05, 3.63) is 29.3 Å². The number of hydrogen-bond donors (Lipinski definition) is 1. The zero-order valence-electron chi connectivity index (χ0n) is 15.5. The summed E-state index contributed by atoms with van der Waals surface area (Å²) in [5.41, 5.74) is -0.293. The summed E-state index contributed by atoms with van der Waals surface area (Å²) in [4.78, 5) is 50.2. The Kier molecular flexibility index (Phi) is 5.43. The number of benzene rings is 1. The SMILES string of the molecule is CN1Cc2cc(C(=O)O)ccc2N(C(=O)OC(C)(C)C)C(CC(=O)[O-])C1=O. The third-order valence-electron chi connectivity index (χ3n) is 3.92. The van der Waals surface area contributed by atoms with E-state index in [9.17, 15) is 29.4 Å². The van der Waals surface area contributed by atoms with E-state index in [2.05, 4.69) is 0 Å². The fourth-order valence-corrected chi connectivity index (χ4v) is 2.82. The van der Waals surface area contributed by atoms with Gasteiger partial charge in [0.2, 0.25) is 5.91 Å². The molecule has 1 atom stereocenters. The molecule has 0 aliphatic carbocycles. The van der Waals surface area contributed by atoms with Crippen LogP contribution in [0.15, 0.2) is 18.2 Å². The maximum atomic E-state index is 12.8. The molecular formula is C18H21N2O7-. The maximum absolute atomic E-state index is 12.8. The number of carbonyl (C=O) groups is 4. The lowest BCUT2D eigenvalue weighted by Crippen LogP contribution is -2.52. The van der Waals surface area contributed by atoms with Gasteiger partial charge in [0, 0.05) is 26.0 Å². The molecule has 0 radical (unpaired) electrons. The van der Waals surface area contributed by atoms with E-state index in [1.807, 2.05) is 0 Å². The van der Waals surface area contributed by atoms with Crippen molar-refractivity contribution >= 4 is 29.6 Å². The van der Waals surface area contributed by atoms with Gasteiger partial charge in [-0.3, -0.25) is 9.69 Å². The first-order chi connectivity index (χ1) is 12.4. The number of likely N-dealkylation sites (N-methyl/N-ethyl adjacent to an activating group) is 1. The largest absolute Gasteiger partial charge is 0.550 e. The minimum atomic E-state index is -1.50. The predicted molar refractivity (Wildman–Crippen MR) is 92.0 cm³/mol. The average molecular weight is 377 g/mol. The van der Waals surface area contributed by atoms with Gasteiger partial charge in [-0.25, -0.2) is 9.59 Å². The Hall–Kier alpha value is -3.10. The number of aliphatic carboxylic acids is 1. The monoisotopic (exact) mass is 377 g/mol. The number of anilines is 1. The molecule has 1 aliphatic rings. The van der Waals surface area contributed by atoms with E-state index in [-0.39, 0.29) is 17.8 Å². The van der Waals surface area contributed by atoms with Gasteiger partial charge in [0.05, 0.1) is 11.3 Å². The summed E-state index contributed by atoms with van der Waals surface area (Å²) in [6.07, 6.45) is -1.62. The standard InChI is InChI=1S/C18H22N2O7/c1-18(2,3)27-17(26)20-12-6-5-10(16(24)25)7-11(12)9-19(4)15(23)13(20)8-14(21)22/h5-7,13H,8-9H2,1-4H3,(H,21,22)(H,24,25)/p-1. The molecule has 0 saturated carbocycles. The number of ether oxygens (including phenoxy) is 1. The fourth-order valence-electron chi connectivity index (χ4n) is 2.82. The quantitative estimate of drug-likeness (QED) is 0.817. The van der Waals surface area contributed by atoms with Crippen LogP contribution in [0.1, 0.15) is 43.1 Å². The normalized spacial score (nSPS) is 17.2. The zero-order valence-corrected chi connectivity index (χ0v) is 15.5. The van der Waals surface area contributed by atoms with Crippen LogP contribution in [0.4, 0.5) is 10.5 Å². The molecule has 0 bridgehead atoms. The molecule has 0 aromatic heterocycles. The van der Waals surface area contributed by atoms with Gasteiger partial charge in [0.15, 0.2) is 0 Å². The third-order valence-corrected chi connectivity index (χ3v) is 3.92. The molecule has 2 rings (SSSR count). The van der Waals surface area contributed by atoms with E-state index in [0.717, 1.165) is 4.90 Å². The molecule has 1 heterocycles. The highest BCUT2D eigenvalue weighted by Gasteiger charge is 2.39. The Morgan fingerprint density at radius 3 is 2.44 bits per heavy atom. The molecule has 27 heavy (non-hydrogen) atoms. The maximum Gasteiger partial charge on any atom is 0.415 e. The summed E-state index contributed by atoms with van der Waals surface area (Å²) < 4.78 is 5.35. The van der Waals surface area contributed by atoms with Gasteiger partial charge in [-0.15, -0.1) is 0 Å². The molecule has 0 spiro atoms. The molecule has 1 aromatic rings. The zero-order chi connectivity index (χ0) is 20.5. The van der Waals surface area contributed by atoms with Crippen molar-refractivity contribution in [2.45, 2.75) is 45.4 Å². The first-order valence-electron chi connectivity index (χ1n) is 8.24. The van der Waals surface area contributed by atoms with Crippen LogP contribution in [-0.4, -0.2) is 52.6 Å². The van der Waals surface area contributed by atoms with Crippen LogP contribution >= 0.6 is 0 Å². The molecule has 9 nitrogen and oxygen atoms in total. The van der Waals surface area contributed by atoms with Crippen molar-refractivity contribution < 1.29 is 34.1 Å². The molecular weight excluding hydrogens is 356 g/mol. The van der Waals surface area contributed by atoms with E-state index in [4.69, 9.17) is 4.74 Å². The lowest BCUT2D eigenvalue weighted by Gasteiger charge is -2.32. The lowest BCUT2D eigenvalue weighted by atomic mass is 10.1. The summed E-state index contributed by atoms with van der Waals surface area (Å²) in [5, 5.41) is 20.4. The average Bonchev–Trinajstić information content (AvgIpc) is 2.61. The molecule has 2 amide bonds. The second-order valence-electron chi connectivity index (χ2n) is 7.29. The van der Waals surface area contributed by atoms with Gasteiger partial charge < -0.3 is 24.6 Å². The molecule has 9 heteroatoms. The van der Waals surface area contributed by atoms with Gasteiger partial charge in [-0.05, 0) is 44.5 Å². The molecule has 146 valence electrons. The first kappa shape index (κ1) is 20.2. The smallest absolute Gasteiger partial charge is 0.415 e. The lowest BCUT2D eigenvalue weighted by molar-refractivity contribution is -0.306. The number of carbonyl (C=O) groups excluding carboxylic acids is 3. The second-order valence-corrected chi connectivity index (χ2v) is 7.29. The van der Waals surface area contributed by atoms with Crippen molar-refractivity contribution in [2.24, 2.45) is 0 Å². The van der Waals surface area contributed by atoms with E-state index < -0.39 is 42.0 Å². The van der Waals surface area contributed by atoms with Gasteiger partial charge >= 0.3 is 12.1 Å². The predicted octanol–water partition coefficient (Wildman–Crippen LogP) is 0.607. The van der Waals surface area contributed by atoms with Crippen LogP contribution in [0.25, 0.3) is 0 Å².